The summed E-state index contributed by atoms with van der Waals surface area (Å²) < 4.78 is 0. The van der Waals surface area contributed by atoms with Crippen LogP contribution in [0.1, 0.15) is 12.5 Å². The van der Waals surface area contributed by atoms with Crippen molar-refractivity contribution < 1.29 is 0 Å². The van der Waals surface area contributed by atoms with Crippen molar-refractivity contribution in [2.45, 2.75) is 19.7 Å². The Bertz CT molecular complexity index is 967. The molecule has 0 amide bonds. The van der Waals surface area contributed by atoms with Crippen molar-refractivity contribution in [3.8, 4) is 0 Å². The van der Waals surface area contributed by atoms with Crippen molar-refractivity contribution in [3.63, 3.8) is 0 Å². The Labute approximate surface area is 156 Å². The van der Waals surface area contributed by atoms with Crippen molar-refractivity contribution in [2.24, 2.45) is 0 Å². The summed E-state index contributed by atoms with van der Waals surface area (Å²) in [6, 6.07) is 24.4. The van der Waals surface area contributed by atoms with E-state index in [1.165, 1.54) is 39.2 Å². The molecule has 0 bridgehead atoms. The lowest BCUT2D eigenvalue weighted by atomic mass is 9.35. The average Bonchev–Trinajstić information content (AvgIpc) is 2.71. The second-order valence-corrected chi connectivity index (χ2v) is 7.31. The van der Waals surface area contributed by atoms with Crippen LogP contribution in [0.5, 0.6) is 0 Å². The van der Waals surface area contributed by atoms with E-state index in [-0.39, 0.29) is 0 Å². The summed E-state index contributed by atoms with van der Waals surface area (Å²) in [5.41, 5.74) is 9.88. The molecule has 0 spiro atoms. The molecule has 0 fully saturated rings. The van der Waals surface area contributed by atoms with Gasteiger partial charge >= 0.3 is 0 Å². The van der Waals surface area contributed by atoms with Gasteiger partial charge in [0.25, 0.3) is 0 Å². The first kappa shape index (κ1) is 15.6. The van der Waals surface area contributed by atoms with Gasteiger partial charge in [-0.15, -0.1) is 0 Å². The molecule has 3 aromatic rings. The monoisotopic (exact) mass is 338 g/mol. The second-order valence-electron chi connectivity index (χ2n) is 7.31. The topological polar surface area (TPSA) is 6.48 Å². The minimum atomic E-state index is 0.499. The van der Waals surface area contributed by atoms with E-state index in [0.29, 0.717) is 6.71 Å². The molecule has 2 nitrogen and oxygen atoms in total. The van der Waals surface area contributed by atoms with Crippen LogP contribution in [-0.2, 0) is 6.42 Å². The zero-order chi connectivity index (χ0) is 17.7. The highest BCUT2D eigenvalue weighted by Gasteiger charge is 2.38. The van der Waals surface area contributed by atoms with Gasteiger partial charge in [0.15, 0.2) is 0 Å². The molecule has 2 aliphatic heterocycles. The third kappa shape index (κ3) is 2.13. The molecule has 0 saturated heterocycles. The van der Waals surface area contributed by atoms with E-state index in [9.17, 15) is 0 Å². The third-order valence-electron chi connectivity index (χ3n) is 6.01. The van der Waals surface area contributed by atoms with Crippen molar-refractivity contribution in [1.29, 1.82) is 0 Å². The molecular formula is C23H23BN2. The molecule has 2 aliphatic rings. The zero-order valence-corrected chi connectivity index (χ0v) is 15.4. The van der Waals surface area contributed by atoms with Gasteiger partial charge in [-0.05, 0) is 48.0 Å². The number of para-hydroxylation sites is 2. The van der Waals surface area contributed by atoms with Gasteiger partial charge in [0.05, 0.1) is 0 Å². The predicted octanol–water partition coefficient (Wildman–Crippen LogP) is 4.09. The van der Waals surface area contributed by atoms with Gasteiger partial charge in [0.2, 0.25) is 6.71 Å². The number of anilines is 4. The van der Waals surface area contributed by atoms with Gasteiger partial charge in [-0.3, -0.25) is 0 Å². The van der Waals surface area contributed by atoms with Gasteiger partial charge in [0.1, 0.15) is 0 Å². The van der Waals surface area contributed by atoms with Crippen LogP contribution < -0.4 is 20.7 Å². The van der Waals surface area contributed by atoms with E-state index in [1.807, 2.05) is 0 Å². The Balaban J connectivity index is 1.72. The highest BCUT2D eigenvalue weighted by Crippen LogP contribution is 2.37. The molecule has 0 saturated carbocycles. The van der Waals surface area contributed by atoms with Crippen LogP contribution in [0.15, 0.2) is 66.7 Å². The fraction of sp³-hybridized carbons (Fsp3) is 0.217. The van der Waals surface area contributed by atoms with Crippen LogP contribution in [0.4, 0.5) is 22.7 Å². The fourth-order valence-electron chi connectivity index (χ4n) is 4.84. The molecular weight excluding hydrogens is 315 g/mol. The molecule has 128 valence electrons. The quantitative estimate of drug-likeness (QED) is 0.650. The summed E-state index contributed by atoms with van der Waals surface area (Å²) in [5, 5.41) is 0. The summed E-state index contributed by atoms with van der Waals surface area (Å²) in [6.07, 6.45) is 2.23. The summed E-state index contributed by atoms with van der Waals surface area (Å²) in [5.74, 6) is 0. The molecule has 2 heterocycles. The summed E-state index contributed by atoms with van der Waals surface area (Å²) in [4.78, 5) is 4.90. The molecule has 3 heteroatoms. The Morgan fingerprint density at radius 3 is 2.46 bits per heavy atom. The van der Waals surface area contributed by atoms with Gasteiger partial charge in [-0.1, -0.05) is 54.9 Å². The van der Waals surface area contributed by atoms with Gasteiger partial charge in [0, 0.05) is 36.3 Å². The number of aryl methyl sites for hydroxylation is 1. The van der Waals surface area contributed by atoms with Gasteiger partial charge < -0.3 is 9.80 Å². The standard InChI is InChI=1S/C23H23BN2/c1-3-17-9-7-12-19-23(17)25(2)20-13-8-14-21-22(20)24(19)15-16-26(21)18-10-5-4-6-11-18/h4-14H,3,15-16H2,1-2H3. The maximum Gasteiger partial charge on any atom is 0.219 e. The van der Waals surface area contributed by atoms with Crippen LogP contribution >= 0.6 is 0 Å². The van der Waals surface area contributed by atoms with Crippen LogP contribution in [0, 0.1) is 0 Å². The number of benzene rings is 3. The predicted molar refractivity (Wildman–Crippen MR) is 114 cm³/mol. The summed E-state index contributed by atoms with van der Waals surface area (Å²) in [7, 11) is 2.23. The van der Waals surface area contributed by atoms with E-state index in [1.54, 1.807) is 0 Å². The third-order valence-corrected chi connectivity index (χ3v) is 6.01. The highest BCUT2D eigenvalue weighted by atomic mass is 15.2. The molecule has 0 unspecified atom stereocenters. The first-order valence-corrected chi connectivity index (χ1v) is 9.60. The van der Waals surface area contributed by atoms with Gasteiger partial charge in [-0.25, -0.2) is 0 Å². The summed E-state index contributed by atoms with van der Waals surface area (Å²) in [6.45, 7) is 3.82. The van der Waals surface area contributed by atoms with Crippen LogP contribution in [-0.4, -0.2) is 20.3 Å². The Hall–Kier alpha value is -2.68. The summed E-state index contributed by atoms with van der Waals surface area (Å²) >= 11 is 0. The van der Waals surface area contributed by atoms with E-state index < -0.39 is 0 Å². The molecule has 0 N–H and O–H groups in total. The molecule has 0 radical (unpaired) electrons. The molecule has 0 aromatic heterocycles. The van der Waals surface area contributed by atoms with Crippen molar-refractivity contribution >= 4 is 40.4 Å². The van der Waals surface area contributed by atoms with E-state index in [2.05, 4.69) is 90.5 Å². The molecule has 3 aromatic carbocycles. The van der Waals surface area contributed by atoms with Gasteiger partial charge in [-0.2, -0.15) is 0 Å². The Kier molecular flexibility index (Phi) is 3.56. The first-order valence-electron chi connectivity index (χ1n) is 9.60. The molecule has 0 aliphatic carbocycles. The molecule has 0 atom stereocenters. The van der Waals surface area contributed by atoms with E-state index in [4.69, 9.17) is 0 Å². The first-order chi connectivity index (χ1) is 12.8. The Morgan fingerprint density at radius 1 is 0.885 bits per heavy atom. The SMILES string of the molecule is CCc1cccc2c1N(C)c1cccc3c1B2CCN3c1ccccc1. The van der Waals surface area contributed by atoms with Crippen LogP contribution in [0.25, 0.3) is 0 Å². The lowest BCUT2D eigenvalue weighted by Crippen LogP contribution is -2.55. The van der Waals surface area contributed by atoms with Crippen LogP contribution in [0.2, 0.25) is 6.32 Å². The maximum absolute atomic E-state index is 2.48. The highest BCUT2D eigenvalue weighted by molar-refractivity contribution is 6.89. The molecule has 5 rings (SSSR count). The van der Waals surface area contributed by atoms with E-state index in [0.717, 1.165) is 19.3 Å². The molecule has 26 heavy (non-hydrogen) atoms. The average molecular weight is 338 g/mol. The maximum atomic E-state index is 2.48. The fourth-order valence-corrected chi connectivity index (χ4v) is 4.84. The van der Waals surface area contributed by atoms with Crippen molar-refractivity contribution in [3.05, 3.63) is 72.3 Å². The Morgan fingerprint density at radius 2 is 1.65 bits per heavy atom. The van der Waals surface area contributed by atoms with Crippen molar-refractivity contribution in [2.75, 3.05) is 23.4 Å². The van der Waals surface area contributed by atoms with Crippen LogP contribution in [0.3, 0.4) is 0 Å². The largest absolute Gasteiger partial charge is 0.345 e. The lowest BCUT2D eigenvalue weighted by Gasteiger charge is -2.42. The minimum absolute atomic E-state index is 0.499. The normalized spacial score (nSPS) is 14.9. The lowest BCUT2D eigenvalue weighted by molar-refractivity contribution is 0.996. The number of fused-ring (bicyclic) bond motifs is 2. The van der Waals surface area contributed by atoms with Crippen molar-refractivity contribution in [1.82, 2.24) is 0 Å². The smallest absolute Gasteiger partial charge is 0.219 e. The number of hydrogen-bond acceptors (Lipinski definition) is 2. The second kappa shape index (κ2) is 5.94. The number of rotatable bonds is 2. The number of hydrogen-bond donors (Lipinski definition) is 0. The number of nitrogens with zero attached hydrogens (tertiary/aromatic N) is 2. The van der Waals surface area contributed by atoms with E-state index >= 15 is 0 Å². The minimum Gasteiger partial charge on any atom is -0.345 e. The zero-order valence-electron chi connectivity index (χ0n) is 15.4.